The molecule has 3 aromatic carbocycles. The van der Waals surface area contributed by atoms with Gasteiger partial charge in [-0.3, -0.25) is 4.79 Å². The average Bonchev–Trinajstić information content (AvgIpc) is 2.73. The predicted octanol–water partition coefficient (Wildman–Crippen LogP) is 4.42. The van der Waals surface area contributed by atoms with Crippen molar-refractivity contribution < 1.29 is 13.9 Å². The molecule has 5 nitrogen and oxygen atoms in total. The van der Waals surface area contributed by atoms with Gasteiger partial charge in [0, 0.05) is 18.3 Å². The van der Waals surface area contributed by atoms with Crippen molar-refractivity contribution >= 4 is 11.7 Å². The van der Waals surface area contributed by atoms with Crippen LogP contribution in [0.2, 0.25) is 0 Å². The topological polar surface area (TPSA) is 76.7 Å². The highest BCUT2D eigenvalue weighted by molar-refractivity contribution is 6.06. The number of nitrogens with one attached hydrogen (secondary N) is 1. The van der Waals surface area contributed by atoms with Crippen LogP contribution in [0.5, 0.6) is 11.5 Å². The monoisotopic (exact) mass is 389 g/mol. The van der Waals surface area contributed by atoms with Crippen LogP contribution in [0.1, 0.15) is 15.9 Å². The first-order valence-electron chi connectivity index (χ1n) is 8.97. The standard InChI is InChI=1S/C23H20FN3O2/c24-20-12-6-5-11-19(20)23(28)27-22(25)14-15-26-16-17-8-4-7-13-21(17)29-18-9-2-1-3-10-18/h1-15,26H,16H2,(H2,25,27,28)/b15-14-. The second kappa shape index (κ2) is 9.85. The van der Waals surface area contributed by atoms with Crippen LogP contribution < -0.4 is 15.8 Å². The summed E-state index contributed by atoms with van der Waals surface area (Å²) in [4.78, 5) is 15.7. The highest BCUT2D eigenvalue weighted by Gasteiger charge is 2.09. The van der Waals surface area contributed by atoms with E-state index >= 15 is 0 Å². The van der Waals surface area contributed by atoms with Crippen molar-refractivity contribution in [3.05, 3.63) is 108 Å². The molecule has 0 aliphatic heterocycles. The minimum absolute atomic E-state index is 0.0282. The van der Waals surface area contributed by atoms with E-state index in [0.29, 0.717) is 6.54 Å². The third-order valence-corrected chi connectivity index (χ3v) is 3.94. The van der Waals surface area contributed by atoms with Crippen LogP contribution in [0.25, 0.3) is 0 Å². The molecule has 146 valence electrons. The molecule has 3 N–H and O–H groups in total. The van der Waals surface area contributed by atoms with Crippen LogP contribution in [0.15, 0.2) is 96.1 Å². The lowest BCUT2D eigenvalue weighted by Crippen LogP contribution is -2.14. The average molecular weight is 389 g/mol. The molecule has 0 spiro atoms. The number of ether oxygens (including phenoxy) is 1. The number of hydrogen-bond donors (Lipinski definition) is 2. The normalized spacial score (nSPS) is 11.4. The van der Waals surface area contributed by atoms with Gasteiger partial charge in [0.1, 0.15) is 23.2 Å². The van der Waals surface area contributed by atoms with Crippen molar-refractivity contribution in [2.75, 3.05) is 0 Å². The van der Waals surface area contributed by atoms with Crippen LogP contribution in [0.4, 0.5) is 4.39 Å². The summed E-state index contributed by atoms with van der Waals surface area (Å²) in [7, 11) is 0. The van der Waals surface area contributed by atoms with Gasteiger partial charge < -0.3 is 15.8 Å². The van der Waals surface area contributed by atoms with E-state index in [1.54, 1.807) is 12.3 Å². The van der Waals surface area contributed by atoms with Crippen molar-refractivity contribution in [2.45, 2.75) is 6.54 Å². The van der Waals surface area contributed by atoms with Crippen molar-refractivity contribution in [3.63, 3.8) is 0 Å². The molecule has 0 saturated carbocycles. The van der Waals surface area contributed by atoms with Gasteiger partial charge in [0.05, 0.1) is 5.56 Å². The summed E-state index contributed by atoms with van der Waals surface area (Å²) in [6, 6.07) is 22.8. The van der Waals surface area contributed by atoms with Crippen LogP contribution in [-0.4, -0.2) is 11.7 Å². The van der Waals surface area contributed by atoms with E-state index in [1.807, 2.05) is 54.6 Å². The number of carbonyl (C=O) groups excluding carboxylic acids is 1. The SMILES string of the molecule is NC(/C=C\NCc1ccccc1Oc1ccccc1)=NC(=O)c1ccccc1F. The van der Waals surface area contributed by atoms with E-state index in [-0.39, 0.29) is 11.4 Å². The zero-order valence-electron chi connectivity index (χ0n) is 15.6. The van der Waals surface area contributed by atoms with Crippen LogP contribution >= 0.6 is 0 Å². The molecule has 0 bridgehead atoms. The number of para-hydroxylation sites is 2. The molecule has 0 heterocycles. The summed E-state index contributed by atoms with van der Waals surface area (Å²) in [5.74, 6) is 0.0899. The predicted molar refractivity (Wildman–Crippen MR) is 111 cm³/mol. The zero-order valence-corrected chi connectivity index (χ0v) is 15.6. The Bertz CT molecular complexity index is 1030. The van der Waals surface area contributed by atoms with Crippen molar-refractivity contribution in [3.8, 4) is 11.5 Å². The second-order valence-electron chi connectivity index (χ2n) is 6.06. The largest absolute Gasteiger partial charge is 0.457 e. The van der Waals surface area contributed by atoms with Crippen LogP contribution in [0, 0.1) is 5.82 Å². The molecule has 1 amide bonds. The summed E-state index contributed by atoms with van der Waals surface area (Å²) >= 11 is 0. The summed E-state index contributed by atoms with van der Waals surface area (Å²) in [5.41, 5.74) is 6.55. The lowest BCUT2D eigenvalue weighted by atomic mass is 10.2. The third kappa shape index (κ3) is 5.77. The Labute approximate surface area is 168 Å². The summed E-state index contributed by atoms with van der Waals surface area (Å²) in [5, 5.41) is 3.08. The van der Waals surface area contributed by atoms with Gasteiger partial charge in [-0.2, -0.15) is 4.99 Å². The quantitative estimate of drug-likeness (QED) is 0.463. The lowest BCUT2D eigenvalue weighted by molar-refractivity contribution is 0.0999. The van der Waals surface area contributed by atoms with Crippen molar-refractivity contribution in [2.24, 2.45) is 10.7 Å². The first-order valence-corrected chi connectivity index (χ1v) is 8.97. The minimum atomic E-state index is -0.730. The molecule has 29 heavy (non-hydrogen) atoms. The number of benzene rings is 3. The number of halogens is 1. The zero-order chi connectivity index (χ0) is 20.5. The number of hydrogen-bond acceptors (Lipinski definition) is 3. The highest BCUT2D eigenvalue weighted by atomic mass is 19.1. The molecule has 3 rings (SSSR count). The summed E-state index contributed by atoms with van der Waals surface area (Å²) in [6.07, 6.45) is 3.02. The maximum Gasteiger partial charge on any atom is 0.281 e. The van der Waals surface area contributed by atoms with Gasteiger partial charge in [-0.15, -0.1) is 0 Å². The van der Waals surface area contributed by atoms with Crippen LogP contribution in [0.3, 0.4) is 0 Å². The number of amides is 1. The number of nitrogens with two attached hydrogens (primary N) is 1. The Morgan fingerprint density at radius 1 is 1.00 bits per heavy atom. The summed E-state index contributed by atoms with van der Waals surface area (Å²) < 4.78 is 19.5. The molecular weight excluding hydrogens is 369 g/mol. The molecule has 0 atom stereocenters. The maximum absolute atomic E-state index is 13.6. The molecule has 3 aromatic rings. The van der Waals surface area contributed by atoms with E-state index in [4.69, 9.17) is 10.5 Å². The van der Waals surface area contributed by atoms with Gasteiger partial charge in [-0.1, -0.05) is 48.5 Å². The first kappa shape index (κ1) is 19.8. The molecule has 0 radical (unpaired) electrons. The van der Waals surface area contributed by atoms with Gasteiger partial charge in [0.15, 0.2) is 0 Å². The van der Waals surface area contributed by atoms with Crippen LogP contribution in [-0.2, 0) is 6.54 Å². The fourth-order valence-electron chi connectivity index (χ4n) is 2.53. The fraction of sp³-hybridized carbons (Fsp3) is 0.0435. The Balaban J connectivity index is 1.59. The van der Waals surface area contributed by atoms with Gasteiger partial charge in [-0.05, 0) is 36.4 Å². The molecule has 6 heteroatoms. The van der Waals surface area contributed by atoms with Crippen molar-refractivity contribution in [1.82, 2.24) is 5.32 Å². The van der Waals surface area contributed by atoms with E-state index in [1.165, 1.54) is 24.3 Å². The molecule has 0 fully saturated rings. The third-order valence-electron chi connectivity index (χ3n) is 3.94. The Hall–Kier alpha value is -3.93. The van der Waals surface area contributed by atoms with Gasteiger partial charge in [0.2, 0.25) is 0 Å². The smallest absolute Gasteiger partial charge is 0.281 e. The fourth-order valence-corrected chi connectivity index (χ4v) is 2.53. The number of carbonyl (C=O) groups is 1. The molecule has 0 aliphatic rings. The second-order valence-corrected chi connectivity index (χ2v) is 6.06. The number of rotatable bonds is 7. The van der Waals surface area contributed by atoms with Crippen molar-refractivity contribution in [1.29, 1.82) is 0 Å². The molecule has 0 unspecified atom stereocenters. The molecule has 0 aliphatic carbocycles. The number of nitrogens with zero attached hydrogens (tertiary/aromatic N) is 1. The molecule has 0 saturated heterocycles. The minimum Gasteiger partial charge on any atom is -0.457 e. The Morgan fingerprint density at radius 2 is 1.69 bits per heavy atom. The number of amidine groups is 1. The maximum atomic E-state index is 13.6. The number of aliphatic imine (C=N–C) groups is 1. The van der Waals surface area contributed by atoms with Gasteiger partial charge in [0.25, 0.3) is 5.91 Å². The van der Waals surface area contributed by atoms with Gasteiger partial charge in [-0.25, -0.2) is 4.39 Å². The highest BCUT2D eigenvalue weighted by Crippen LogP contribution is 2.24. The van der Waals surface area contributed by atoms with E-state index in [0.717, 1.165) is 17.1 Å². The van der Waals surface area contributed by atoms with Gasteiger partial charge >= 0.3 is 0 Å². The van der Waals surface area contributed by atoms with E-state index in [2.05, 4.69) is 10.3 Å². The van der Waals surface area contributed by atoms with E-state index < -0.39 is 11.7 Å². The first-order chi connectivity index (χ1) is 14.1. The molecule has 0 aromatic heterocycles. The molecular formula is C23H20FN3O2. The summed E-state index contributed by atoms with van der Waals surface area (Å²) in [6.45, 7) is 0.480. The Kier molecular flexibility index (Phi) is 6.73. The Morgan fingerprint density at radius 3 is 2.48 bits per heavy atom. The lowest BCUT2D eigenvalue weighted by Gasteiger charge is -2.11. The van der Waals surface area contributed by atoms with E-state index in [9.17, 15) is 9.18 Å².